The maximum Gasteiger partial charge on any atom is 0.224 e. The second kappa shape index (κ2) is 8.69. The Bertz CT molecular complexity index is 736. The van der Waals surface area contributed by atoms with E-state index in [1.54, 1.807) is 0 Å². The standard InChI is InChI=1S/C20H28N4O.ClH/c1-15-18(16(2)24(23-15)17-7-5-4-6-8-17)13-19(25)22-14-20(3)9-11-21-12-10-20;/h4-8,21H,9-14H2,1-3H3,(H,22,25);1H. The fourth-order valence-electron chi connectivity index (χ4n) is 3.49. The number of carbonyl (C=O) groups is 1. The molecule has 0 radical (unpaired) electrons. The van der Waals surface area contributed by atoms with Crippen LogP contribution < -0.4 is 10.6 Å². The van der Waals surface area contributed by atoms with Gasteiger partial charge in [0, 0.05) is 17.8 Å². The number of halogens is 1. The minimum absolute atomic E-state index is 0. The predicted octanol–water partition coefficient (Wildman–Crippen LogP) is 2.96. The van der Waals surface area contributed by atoms with E-state index in [0.29, 0.717) is 6.42 Å². The molecule has 1 aromatic carbocycles. The second-order valence-corrected chi connectivity index (χ2v) is 7.41. The van der Waals surface area contributed by atoms with Crippen LogP contribution in [0.25, 0.3) is 5.69 Å². The molecule has 1 aliphatic rings. The Kier molecular flexibility index (Phi) is 6.84. The van der Waals surface area contributed by atoms with Gasteiger partial charge in [-0.3, -0.25) is 4.79 Å². The molecule has 2 N–H and O–H groups in total. The van der Waals surface area contributed by atoms with E-state index in [4.69, 9.17) is 0 Å². The van der Waals surface area contributed by atoms with Crippen LogP contribution in [0.1, 0.15) is 36.7 Å². The molecule has 0 bridgehead atoms. The fourth-order valence-corrected chi connectivity index (χ4v) is 3.49. The van der Waals surface area contributed by atoms with Crippen LogP contribution >= 0.6 is 12.4 Å². The van der Waals surface area contributed by atoms with Crippen molar-refractivity contribution >= 4 is 18.3 Å². The van der Waals surface area contributed by atoms with E-state index >= 15 is 0 Å². The molecule has 5 nitrogen and oxygen atoms in total. The molecular weight excluding hydrogens is 348 g/mol. The summed E-state index contributed by atoms with van der Waals surface area (Å²) < 4.78 is 1.92. The summed E-state index contributed by atoms with van der Waals surface area (Å²) in [6, 6.07) is 10.0. The summed E-state index contributed by atoms with van der Waals surface area (Å²) in [5, 5.41) is 11.1. The van der Waals surface area contributed by atoms with Gasteiger partial charge in [0.05, 0.1) is 17.8 Å². The number of hydrogen-bond donors (Lipinski definition) is 2. The van der Waals surface area contributed by atoms with Crippen molar-refractivity contribution in [1.82, 2.24) is 20.4 Å². The number of carbonyl (C=O) groups excluding carboxylic acids is 1. The summed E-state index contributed by atoms with van der Waals surface area (Å²) in [7, 11) is 0. The number of aryl methyl sites for hydroxylation is 1. The molecule has 0 aliphatic carbocycles. The zero-order valence-electron chi connectivity index (χ0n) is 15.8. The van der Waals surface area contributed by atoms with Gasteiger partial charge in [-0.15, -0.1) is 12.4 Å². The molecule has 1 saturated heterocycles. The molecular formula is C20H29ClN4O. The lowest BCUT2D eigenvalue weighted by Gasteiger charge is -2.34. The maximum absolute atomic E-state index is 12.5. The monoisotopic (exact) mass is 376 g/mol. The summed E-state index contributed by atoms with van der Waals surface area (Å²) >= 11 is 0. The third-order valence-electron chi connectivity index (χ3n) is 5.30. The number of nitrogens with zero attached hydrogens (tertiary/aromatic N) is 2. The summed E-state index contributed by atoms with van der Waals surface area (Å²) in [4.78, 5) is 12.5. The van der Waals surface area contributed by atoms with Gasteiger partial charge in [-0.05, 0) is 57.3 Å². The number of para-hydroxylation sites is 1. The molecule has 0 atom stereocenters. The van der Waals surface area contributed by atoms with Crippen LogP contribution in [0.3, 0.4) is 0 Å². The number of nitrogens with one attached hydrogen (secondary N) is 2. The highest BCUT2D eigenvalue weighted by Crippen LogP contribution is 2.26. The Morgan fingerprint density at radius 1 is 1.23 bits per heavy atom. The normalized spacial score (nSPS) is 16.0. The average molecular weight is 377 g/mol. The third kappa shape index (κ3) is 4.65. The van der Waals surface area contributed by atoms with Crippen molar-refractivity contribution in [2.45, 2.75) is 40.0 Å². The van der Waals surface area contributed by atoms with Crippen molar-refractivity contribution in [3.8, 4) is 5.69 Å². The molecule has 1 aromatic heterocycles. The SMILES string of the molecule is Cc1nn(-c2ccccc2)c(C)c1CC(=O)NCC1(C)CCNCC1.Cl. The van der Waals surface area contributed by atoms with Gasteiger partial charge in [0.25, 0.3) is 0 Å². The average Bonchev–Trinajstić information content (AvgIpc) is 2.90. The van der Waals surface area contributed by atoms with Crippen molar-refractivity contribution in [2.24, 2.45) is 5.41 Å². The Hall–Kier alpha value is -1.85. The molecule has 3 rings (SSSR count). The van der Waals surface area contributed by atoms with Crippen molar-refractivity contribution in [2.75, 3.05) is 19.6 Å². The predicted molar refractivity (Wildman–Crippen MR) is 107 cm³/mol. The topological polar surface area (TPSA) is 59.0 Å². The Morgan fingerprint density at radius 2 is 1.88 bits per heavy atom. The van der Waals surface area contributed by atoms with Crippen LogP contribution in [0.2, 0.25) is 0 Å². The van der Waals surface area contributed by atoms with E-state index in [9.17, 15) is 4.79 Å². The zero-order valence-corrected chi connectivity index (χ0v) is 16.7. The van der Waals surface area contributed by atoms with Crippen LogP contribution in [0.5, 0.6) is 0 Å². The van der Waals surface area contributed by atoms with Crippen molar-refractivity contribution in [3.05, 3.63) is 47.3 Å². The second-order valence-electron chi connectivity index (χ2n) is 7.41. The number of aromatic nitrogens is 2. The highest BCUT2D eigenvalue weighted by Gasteiger charge is 2.27. The summed E-state index contributed by atoms with van der Waals surface area (Å²) in [6.07, 6.45) is 2.60. The van der Waals surface area contributed by atoms with Gasteiger partial charge >= 0.3 is 0 Å². The first-order valence-electron chi connectivity index (χ1n) is 9.06. The molecule has 26 heavy (non-hydrogen) atoms. The van der Waals surface area contributed by atoms with Crippen LogP contribution in [0.4, 0.5) is 0 Å². The first-order chi connectivity index (χ1) is 12.0. The van der Waals surface area contributed by atoms with E-state index in [1.165, 1.54) is 0 Å². The van der Waals surface area contributed by atoms with E-state index < -0.39 is 0 Å². The first-order valence-corrected chi connectivity index (χ1v) is 9.06. The lowest BCUT2D eigenvalue weighted by atomic mass is 9.81. The van der Waals surface area contributed by atoms with Gasteiger partial charge in [-0.25, -0.2) is 4.68 Å². The molecule has 2 aromatic rings. The van der Waals surface area contributed by atoms with Crippen LogP contribution in [0, 0.1) is 19.3 Å². The van der Waals surface area contributed by atoms with E-state index in [1.807, 2.05) is 48.9 Å². The highest BCUT2D eigenvalue weighted by molar-refractivity contribution is 5.85. The Labute approximate surface area is 162 Å². The molecule has 2 heterocycles. The first kappa shape index (κ1) is 20.5. The van der Waals surface area contributed by atoms with Gasteiger partial charge in [-0.2, -0.15) is 5.10 Å². The number of rotatable bonds is 5. The lowest BCUT2D eigenvalue weighted by Crippen LogP contribution is -2.43. The van der Waals surface area contributed by atoms with E-state index in [2.05, 4.69) is 22.7 Å². The van der Waals surface area contributed by atoms with Gasteiger partial charge in [0.2, 0.25) is 5.91 Å². The Morgan fingerprint density at radius 3 is 2.54 bits per heavy atom. The van der Waals surface area contributed by atoms with Gasteiger partial charge in [0.1, 0.15) is 0 Å². The van der Waals surface area contributed by atoms with Crippen molar-refractivity contribution in [1.29, 1.82) is 0 Å². The Balaban J connectivity index is 0.00000243. The number of benzene rings is 1. The minimum atomic E-state index is 0. The minimum Gasteiger partial charge on any atom is -0.355 e. The zero-order chi connectivity index (χ0) is 17.9. The van der Waals surface area contributed by atoms with Crippen LogP contribution in [0.15, 0.2) is 30.3 Å². The number of hydrogen-bond acceptors (Lipinski definition) is 3. The molecule has 1 amide bonds. The van der Waals surface area contributed by atoms with E-state index in [0.717, 1.165) is 55.1 Å². The molecule has 6 heteroatoms. The van der Waals surface area contributed by atoms with Crippen LogP contribution in [-0.2, 0) is 11.2 Å². The lowest BCUT2D eigenvalue weighted by molar-refractivity contribution is -0.121. The molecule has 0 spiro atoms. The maximum atomic E-state index is 12.5. The summed E-state index contributed by atoms with van der Waals surface area (Å²) in [5.41, 5.74) is 4.21. The van der Waals surface area contributed by atoms with Gasteiger partial charge in [0.15, 0.2) is 0 Å². The fraction of sp³-hybridized carbons (Fsp3) is 0.500. The molecule has 142 valence electrons. The highest BCUT2D eigenvalue weighted by atomic mass is 35.5. The van der Waals surface area contributed by atoms with Gasteiger partial charge in [-0.1, -0.05) is 25.1 Å². The third-order valence-corrected chi connectivity index (χ3v) is 5.30. The smallest absolute Gasteiger partial charge is 0.224 e. The van der Waals surface area contributed by atoms with E-state index in [-0.39, 0.29) is 23.7 Å². The number of piperidine rings is 1. The summed E-state index contributed by atoms with van der Waals surface area (Å²) in [5.74, 6) is 0.0820. The largest absolute Gasteiger partial charge is 0.355 e. The summed E-state index contributed by atoms with van der Waals surface area (Å²) in [6.45, 7) is 9.09. The molecule has 0 saturated carbocycles. The molecule has 1 aliphatic heterocycles. The molecule has 1 fully saturated rings. The quantitative estimate of drug-likeness (QED) is 0.843. The van der Waals surface area contributed by atoms with Crippen LogP contribution in [-0.4, -0.2) is 35.3 Å². The van der Waals surface area contributed by atoms with Crippen molar-refractivity contribution in [3.63, 3.8) is 0 Å². The number of amides is 1. The van der Waals surface area contributed by atoms with Gasteiger partial charge < -0.3 is 10.6 Å². The molecule has 0 unspecified atom stereocenters. The van der Waals surface area contributed by atoms with Crippen molar-refractivity contribution < 1.29 is 4.79 Å².